The van der Waals surface area contributed by atoms with Gasteiger partial charge in [0.15, 0.2) is 0 Å². The topological polar surface area (TPSA) is 44.5 Å². The zero-order chi connectivity index (χ0) is 13.7. The Labute approximate surface area is 110 Å². The second-order valence-electron chi connectivity index (χ2n) is 6.15. The van der Waals surface area contributed by atoms with Crippen molar-refractivity contribution in [1.29, 1.82) is 0 Å². The van der Waals surface area contributed by atoms with E-state index in [0.717, 1.165) is 22.3 Å². The number of nitrogen functional groups attached to an aromatic ring is 1. The number of nitrogens with two attached hydrogens (primary N) is 1. The van der Waals surface area contributed by atoms with Crippen LogP contribution in [0.5, 0.6) is 0 Å². The van der Waals surface area contributed by atoms with Gasteiger partial charge in [0.05, 0.1) is 11.2 Å². The maximum Gasteiger partial charge on any atom is 0.495 e. The third-order valence-corrected chi connectivity index (χ3v) is 4.16. The van der Waals surface area contributed by atoms with E-state index in [1.165, 1.54) is 0 Å². The smallest absolute Gasteiger partial charge is 0.399 e. The summed E-state index contributed by atoms with van der Waals surface area (Å²) in [4.78, 5) is 0. The van der Waals surface area contributed by atoms with E-state index in [1.807, 2.05) is 13.0 Å². The summed E-state index contributed by atoms with van der Waals surface area (Å²) in [5, 5.41) is 0. The lowest BCUT2D eigenvalue weighted by atomic mass is 9.75. The molecule has 1 aromatic carbocycles. The normalized spacial score (nSPS) is 21.3. The summed E-state index contributed by atoms with van der Waals surface area (Å²) in [6.45, 7) is 12.3. The van der Waals surface area contributed by atoms with Crippen LogP contribution in [0.3, 0.4) is 0 Å². The number of benzene rings is 1. The molecule has 3 nitrogen and oxygen atoms in total. The van der Waals surface area contributed by atoms with Crippen LogP contribution in [0.25, 0.3) is 0 Å². The molecule has 1 saturated heterocycles. The van der Waals surface area contributed by atoms with Crippen LogP contribution in [-0.4, -0.2) is 18.3 Å². The third kappa shape index (κ3) is 2.04. The van der Waals surface area contributed by atoms with Gasteiger partial charge in [0.25, 0.3) is 0 Å². The average Bonchev–Trinajstić information content (AvgIpc) is 2.42. The Morgan fingerprint density at radius 1 is 0.944 bits per heavy atom. The largest absolute Gasteiger partial charge is 0.495 e. The minimum atomic E-state index is -0.335. The first-order valence-electron chi connectivity index (χ1n) is 6.36. The van der Waals surface area contributed by atoms with Crippen molar-refractivity contribution in [3.05, 3.63) is 23.3 Å². The van der Waals surface area contributed by atoms with Crippen LogP contribution in [0.1, 0.15) is 38.8 Å². The van der Waals surface area contributed by atoms with Gasteiger partial charge < -0.3 is 15.0 Å². The second-order valence-corrected chi connectivity index (χ2v) is 6.15. The summed E-state index contributed by atoms with van der Waals surface area (Å²) >= 11 is 0. The highest BCUT2D eigenvalue weighted by atomic mass is 16.7. The number of anilines is 1. The predicted molar refractivity (Wildman–Crippen MR) is 76.0 cm³/mol. The molecule has 0 aromatic heterocycles. The van der Waals surface area contributed by atoms with Crippen LogP contribution >= 0.6 is 0 Å². The van der Waals surface area contributed by atoms with Gasteiger partial charge in [-0.1, -0.05) is 11.6 Å². The number of hydrogen-bond acceptors (Lipinski definition) is 3. The summed E-state index contributed by atoms with van der Waals surface area (Å²) < 4.78 is 12.1. The maximum atomic E-state index is 6.05. The molecule has 0 amide bonds. The highest BCUT2D eigenvalue weighted by Crippen LogP contribution is 2.36. The van der Waals surface area contributed by atoms with Crippen LogP contribution in [0.4, 0.5) is 5.69 Å². The first-order valence-corrected chi connectivity index (χ1v) is 6.36. The van der Waals surface area contributed by atoms with E-state index in [0.29, 0.717) is 0 Å². The molecule has 4 heteroatoms. The van der Waals surface area contributed by atoms with Gasteiger partial charge in [0, 0.05) is 5.69 Å². The minimum absolute atomic E-state index is 0.316. The van der Waals surface area contributed by atoms with E-state index in [-0.39, 0.29) is 18.3 Å². The van der Waals surface area contributed by atoms with Crippen LogP contribution in [0, 0.1) is 13.8 Å². The van der Waals surface area contributed by atoms with Crippen LogP contribution in [-0.2, 0) is 9.31 Å². The van der Waals surface area contributed by atoms with Gasteiger partial charge in [-0.05, 0) is 58.6 Å². The Balaban J connectivity index is 2.38. The first kappa shape index (κ1) is 13.4. The van der Waals surface area contributed by atoms with Gasteiger partial charge in [0.2, 0.25) is 0 Å². The predicted octanol–water partition coefficient (Wildman–Crippen LogP) is 2.18. The summed E-state index contributed by atoms with van der Waals surface area (Å²) in [5.74, 6) is 0. The molecule has 2 rings (SSSR count). The molecule has 0 bridgehead atoms. The van der Waals surface area contributed by atoms with Crippen molar-refractivity contribution in [3.8, 4) is 0 Å². The molecule has 0 aliphatic carbocycles. The van der Waals surface area contributed by atoms with Gasteiger partial charge in [-0.15, -0.1) is 0 Å². The minimum Gasteiger partial charge on any atom is -0.399 e. The van der Waals surface area contributed by atoms with Crippen LogP contribution in [0.2, 0.25) is 0 Å². The van der Waals surface area contributed by atoms with E-state index < -0.39 is 0 Å². The molecular weight excluding hydrogens is 225 g/mol. The van der Waals surface area contributed by atoms with Crippen molar-refractivity contribution < 1.29 is 9.31 Å². The quantitative estimate of drug-likeness (QED) is 0.611. The number of hydrogen-bond donors (Lipinski definition) is 1. The van der Waals surface area contributed by atoms with Crippen molar-refractivity contribution in [2.75, 3.05) is 5.73 Å². The highest BCUT2D eigenvalue weighted by molar-refractivity contribution is 6.62. The molecular formula is C14H22BNO2. The van der Waals surface area contributed by atoms with Crippen LogP contribution in [0.15, 0.2) is 12.1 Å². The van der Waals surface area contributed by atoms with Crippen molar-refractivity contribution in [2.45, 2.75) is 52.7 Å². The van der Waals surface area contributed by atoms with Gasteiger partial charge in [0.1, 0.15) is 0 Å². The van der Waals surface area contributed by atoms with Gasteiger partial charge in [-0.2, -0.15) is 0 Å². The molecule has 0 saturated carbocycles. The van der Waals surface area contributed by atoms with Gasteiger partial charge in [-0.3, -0.25) is 0 Å². The highest BCUT2D eigenvalue weighted by Gasteiger charge is 2.52. The van der Waals surface area contributed by atoms with E-state index in [1.54, 1.807) is 0 Å². The molecule has 1 aromatic rings. The summed E-state index contributed by atoms with van der Waals surface area (Å²) in [5.41, 5.74) is 9.40. The average molecular weight is 247 g/mol. The van der Waals surface area contributed by atoms with E-state index >= 15 is 0 Å². The molecule has 0 unspecified atom stereocenters. The number of rotatable bonds is 1. The Morgan fingerprint density at radius 2 is 1.44 bits per heavy atom. The van der Waals surface area contributed by atoms with Crippen LogP contribution < -0.4 is 11.2 Å². The molecule has 98 valence electrons. The molecule has 0 atom stereocenters. The van der Waals surface area contributed by atoms with E-state index in [2.05, 4.69) is 40.7 Å². The van der Waals surface area contributed by atoms with Crippen molar-refractivity contribution in [1.82, 2.24) is 0 Å². The zero-order valence-electron chi connectivity index (χ0n) is 12.1. The fourth-order valence-corrected chi connectivity index (χ4v) is 2.11. The van der Waals surface area contributed by atoms with Crippen molar-refractivity contribution in [2.24, 2.45) is 0 Å². The monoisotopic (exact) mass is 247 g/mol. The van der Waals surface area contributed by atoms with E-state index in [4.69, 9.17) is 15.0 Å². The zero-order valence-corrected chi connectivity index (χ0v) is 12.1. The van der Waals surface area contributed by atoms with Crippen molar-refractivity contribution >= 4 is 18.3 Å². The lowest BCUT2D eigenvalue weighted by molar-refractivity contribution is 0.00578. The molecule has 2 N–H and O–H groups in total. The second kappa shape index (κ2) is 4.00. The van der Waals surface area contributed by atoms with Gasteiger partial charge in [-0.25, -0.2) is 0 Å². The van der Waals surface area contributed by atoms with E-state index in [9.17, 15) is 0 Å². The lowest BCUT2D eigenvalue weighted by Gasteiger charge is -2.32. The molecule has 1 aliphatic heterocycles. The molecule has 1 heterocycles. The SMILES string of the molecule is Cc1cc(C)c(B2OC(C)(C)C(C)(C)O2)cc1N. The molecule has 18 heavy (non-hydrogen) atoms. The molecule has 1 aliphatic rings. The fraction of sp³-hybridized carbons (Fsp3) is 0.571. The summed E-state index contributed by atoms with van der Waals surface area (Å²) in [6, 6.07) is 4.04. The molecule has 0 spiro atoms. The fourth-order valence-electron chi connectivity index (χ4n) is 2.11. The Morgan fingerprint density at radius 3 is 1.94 bits per heavy atom. The Hall–Kier alpha value is -0.995. The molecule has 0 radical (unpaired) electrons. The summed E-state index contributed by atoms with van der Waals surface area (Å²) in [7, 11) is -0.335. The molecule has 1 fully saturated rings. The lowest BCUT2D eigenvalue weighted by Crippen LogP contribution is -2.41. The summed E-state index contributed by atoms with van der Waals surface area (Å²) in [6.07, 6.45) is 0. The maximum absolute atomic E-state index is 6.05. The first-order chi connectivity index (χ1) is 8.14. The van der Waals surface area contributed by atoms with Gasteiger partial charge >= 0.3 is 7.12 Å². The Kier molecular flexibility index (Phi) is 2.99. The standard InChI is InChI=1S/C14H22BNO2/c1-9-7-10(2)12(16)8-11(9)15-17-13(3,4)14(5,6)18-15/h7-8H,16H2,1-6H3. The number of aryl methyl sites for hydroxylation is 2. The Bertz CT molecular complexity index is 467. The third-order valence-electron chi connectivity index (χ3n) is 4.16. The van der Waals surface area contributed by atoms with Crippen molar-refractivity contribution in [3.63, 3.8) is 0 Å².